The largest absolute Gasteiger partial charge is 0.323 e. The SMILES string of the molecule is Cc1cccc(-c2cccc3nc(Nc4ccc(CCCN5CCCC5)cc4)nn23)c1. The zero-order valence-electron chi connectivity index (χ0n) is 18.1. The number of benzene rings is 2. The van der Waals surface area contributed by atoms with Crippen LogP contribution in [-0.2, 0) is 6.42 Å². The van der Waals surface area contributed by atoms with Crippen LogP contribution in [0.1, 0.15) is 30.4 Å². The Hall–Kier alpha value is -3.18. The lowest BCUT2D eigenvalue weighted by Gasteiger charge is -2.14. The van der Waals surface area contributed by atoms with E-state index in [1.165, 1.54) is 50.0 Å². The lowest BCUT2D eigenvalue weighted by molar-refractivity contribution is 0.334. The zero-order chi connectivity index (χ0) is 21.0. The highest BCUT2D eigenvalue weighted by Crippen LogP contribution is 2.23. The van der Waals surface area contributed by atoms with Gasteiger partial charge in [-0.2, -0.15) is 4.98 Å². The first-order chi connectivity index (χ1) is 15.2. The van der Waals surface area contributed by atoms with Crippen LogP contribution in [0.4, 0.5) is 11.6 Å². The Morgan fingerprint density at radius 3 is 2.55 bits per heavy atom. The maximum atomic E-state index is 4.72. The van der Waals surface area contributed by atoms with Crippen LogP contribution in [0.2, 0.25) is 0 Å². The summed E-state index contributed by atoms with van der Waals surface area (Å²) in [4.78, 5) is 7.25. The molecule has 0 amide bonds. The fraction of sp³-hybridized carbons (Fsp3) is 0.308. The third kappa shape index (κ3) is 4.62. The Bertz CT molecular complexity index is 1160. The monoisotopic (exact) mass is 411 g/mol. The van der Waals surface area contributed by atoms with Crippen LogP contribution in [0.3, 0.4) is 0 Å². The Morgan fingerprint density at radius 2 is 1.74 bits per heavy atom. The summed E-state index contributed by atoms with van der Waals surface area (Å²) >= 11 is 0. The highest BCUT2D eigenvalue weighted by atomic mass is 15.4. The number of rotatable bonds is 7. The van der Waals surface area contributed by atoms with E-state index in [4.69, 9.17) is 5.10 Å². The van der Waals surface area contributed by atoms with Gasteiger partial charge in [0, 0.05) is 11.3 Å². The maximum Gasteiger partial charge on any atom is 0.247 e. The second-order valence-electron chi connectivity index (χ2n) is 8.46. The Morgan fingerprint density at radius 1 is 0.935 bits per heavy atom. The zero-order valence-corrected chi connectivity index (χ0v) is 18.1. The van der Waals surface area contributed by atoms with Gasteiger partial charge < -0.3 is 10.2 Å². The molecule has 1 saturated heterocycles. The van der Waals surface area contributed by atoms with Gasteiger partial charge in [0.2, 0.25) is 5.95 Å². The van der Waals surface area contributed by atoms with Gasteiger partial charge in [-0.05, 0) is 88.1 Å². The predicted molar refractivity (Wildman–Crippen MR) is 127 cm³/mol. The molecule has 5 heteroatoms. The van der Waals surface area contributed by atoms with E-state index in [1.807, 2.05) is 16.6 Å². The summed E-state index contributed by atoms with van der Waals surface area (Å²) < 4.78 is 1.91. The molecule has 1 N–H and O–H groups in total. The number of likely N-dealkylation sites (tertiary alicyclic amines) is 1. The molecule has 0 aliphatic carbocycles. The molecular weight excluding hydrogens is 382 g/mol. The van der Waals surface area contributed by atoms with Crippen LogP contribution < -0.4 is 5.32 Å². The Balaban J connectivity index is 1.27. The topological polar surface area (TPSA) is 45.5 Å². The van der Waals surface area contributed by atoms with Crippen molar-refractivity contribution in [1.82, 2.24) is 19.5 Å². The molecule has 2 aromatic heterocycles. The average Bonchev–Trinajstić information content (AvgIpc) is 3.44. The van der Waals surface area contributed by atoms with E-state index in [1.54, 1.807) is 0 Å². The molecule has 1 aliphatic heterocycles. The van der Waals surface area contributed by atoms with Gasteiger partial charge in [0.05, 0.1) is 5.69 Å². The molecule has 4 aromatic rings. The first kappa shape index (κ1) is 19.8. The predicted octanol–water partition coefficient (Wildman–Crippen LogP) is 5.48. The van der Waals surface area contributed by atoms with Crippen molar-refractivity contribution < 1.29 is 0 Å². The fourth-order valence-corrected chi connectivity index (χ4v) is 4.38. The minimum atomic E-state index is 0.613. The molecule has 0 saturated carbocycles. The molecule has 0 atom stereocenters. The van der Waals surface area contributed by atoms with E-state index < -0.39 is 0 Å². The quantitative estimate of drug-likeness (QED) is 0.438. The second kappa shape index (κ2) is 8.90. The number of nitrogens with zero attached hydrogens (tertiary/aromatic N) is 4. The van der Waals surface area contributed by atoms with Crippen molar-refractivity contribution in [3.05, 3.63) is 77.9 Å². The van der Waals surface area contributed by atoms with Gasteiger partial charge in [-0.15, -0.1) is 5.10 Å². The normalized spacial score (nSPS) is 14.4. The van der Waals surface area contributed by atoms with Gasteiger partial charge >= 0.3 is 0 Å². The van der Waals surface area contributed by atoms with E-state index >= 15 is 0 Å². The maximum absolute atomic E-state index is 4.72. The van der Waals surface area contributed by atoms with Crippen molar-refractivity contribution in [3.63, 3.8) is 0 Å². The summed E-state index contributed by atoms with van der Waals surface area (Å²) in [7, 11) is 0. The van der Waals surface area contributed by atoms with Crippen molar-refractivity contribution in [2.24, 2.45) is 0 Å². The lowest BCUT2D eigenvalue weighted by Crippen LogP contribution is -2.20. The molecule has 0 bridgehead atoms. The summed E-state index contributed by atoms with van der Waals surface area (Å²) in [5.41, 5.74) is 6.63. The molecule has 0 spiro atoms. The van der Waals surface area contributed by atoms with Crippen molar-refractivity contribution in [3.8, 4) is 11.3 Å². The molecule has 2 aromatic carbocycles. The number of aromatic nitrogens is 3. The number of anilines is 2. The third-order valence-corrected chi connectivity index (χ3v) is 6.02. The average molecular weight is 412 g/mol. The standard InChI is InChI=1S/C26H29N5/c1-20-7-4-9-22(19-20)24-10-5-11-25-28-26(29-31(24)25)27-23-14-12-21(13-15-23)8-6-18-30-16-2-3-17-30/h4-5,7,9-15,19H,2-3,6,8,16-18H2,1H3,(H,27,29). The fourth-order valence-electron chi connectivity index (χ4n) is 4.38. The van der Waals surface area contributed by atoms with Gasteiger partial charge in [0.1, 0.15) is 0 Å². The molecule has 5 rings (SSSR count). The number of pyridine rings is 1. The number of hydrogen-bond donors (Lipinski definition) is 1. The molecule has 5 nitrogen and oxygen atoms in total. The van der Waals surface area contributed by atoms with Crippen LogP contribution in [0.25, 0.3) is 16.9 Å². The van der Waals surface area contributed by atoms with E-state index in [0.717, 1.165) is 29.0 Å². The first-order valence-corrected chi connectivity index (χ1v) is 11.3. The van der Waals surface area contributed by atoms with E-state index in [2.05, 4.69) is 76.7 Å². The second-order valence-corrected chi connectivity index (χ2v) is 8.46. The molecule has 31 heavy (non-hydrogen) atoms. The molecule has 0 radical (unpaired) electrons. The van der Waals surface area contributed by atoms with E-state index in [9.17, 15) is 0 Å². The van der Waals surface area contributed by atoms with Crippen molar-refractivity contribution >= 4 is 17.3 Å². The van der Waals surface area contributed by atoms with Gasteiger partial charge in [0.15, 0.2) is 5.65 Å². The van der Waals surface area contributed by atoms with Gasteiger partial charge in [-0.1, -0.05) is 42.0 Å². The number of fused-ring (bicyclic) bond motifs is 1. The molecule has 3 heterocycles. The van der Waals surface area contributed by atoms with Crippen molar-refractivity contribution in [2.75, 3.05) is 25.0 Å². The summed E-state index contributed by atoms with van der Waals surface area (Å²) in [6, 6.07) is 23.2. The third-order valence-electron chi connectivity index (χ3n) is 6.02. The van der Waals surface area contributed by atoms with Crippen molar-refractivity contribution in [2.45, 2.75) is 32.6 Å². The molecule has 1 fully saturated rings. The van der Waals surface area contributed by atoms with Crippen LogP contribution in [0, 0.1) is 6.92 Å². The number of aryl methyl sites for hydroxylation is 2. The highest BCUT2D eigenvalue weighted by Gasteiger charge is 2.11. The Labute approximate surface area is 183 Å². The number of nitrogens with one attached hydrogen (secondary N) is 1. The van der Waals surface area contributed by atoms with Crippen LogP contribution >= 0.6 is 0 Å². The first-order valence-electron chi connectivity index (χ1n) is 11.3. The molecular formula is C26H29N5. The highest BCUT2D eigenvalue weighted by molar-refractivity contribution is 5.65. The minimum Gasteiger partial charge on any atom is -0.323 e. The van der Waals surface area contributed by atoms with Gasteiger partial charge in [-0.3, -0.25) is 0 Å². The lowest BCUT2D eigenvalue weighted by atomic mass is 10.1. The van der Waals surface area contributed by atoms with Gasteiger partial charge in [-0.25, -0.2) is 4.52 Å². The minimum absolute atomic E-state index is 0.613. The van der Waals surface area contributed by atoms with Crippen molar-refractivity contribution in [1.29, 1.82) is 0 Å². The molecule has 0 unspecified atom stereocenters. The summed E-state index contributed by atoms with van der Waals surface area (Å²) in [6.45, 7) is 5.88. The molecule has 158 valence electrons. The van der Waals surface area contributed by atoms with E-state index in [-0.39, 0.29) is 0 Å². The smallest absolute Gasteiger partial charge is 0.247 e. The summed E-state index contributed by atoms with van der Waals surface area (Å²) in [5, 5.41) is 8.08. The van der Waals surface area contributed by atoms with E-state index in [0.29, 0.717) is 5.95 Å². The summed E-state index contributed by atoms with van der Waals surface area (Å²) in [6.07, 6.45) is 5.08. The molecule has 1 aliphatic rings. The number of hydrogen-bond acceptors (Lipinski definition) is 4. The van der Waals surface area contributed by atoms with Crippen LogP contribution in [0.5, 0.6) is 0 Å². The Kier molecular flexibility index (Phi) is 5.67. The van der Waals surface area contributed by atoms with Gasteiger partial charge in [0.25, 0.3) is 0 Å². The van der Waals surface area contributed by atoms with Crippen LogP contribution in [-0.4, -0.2) is 39.1 Å². The van der Waals surface area contributed by atoms with Crippen LogP contribution in [0.15, 0.2) is 66.7 Å². The summed E-state index contributed by atoms with van der Waals surface area (Å²) in [5.74, 6) is 0.613.